The number of amides is 2. The second kappa shape index (κ2) is 10.3. The summed E-state index contributed by atoms with van der Waals surface area (Å²) < 4.78 is 5.04. The summed E-state index contributed by atoms with van der Waals surface area (Å²) in [6.07, 6.45) is 1.59. The van der Waals surface area contributed by atoms with E-state index in [0.717, 1.165) is 10.5 Å². The molecule has 2 aromatic rings. The first kappa shape index (κ1) is 20.4. The van der Waals surface area contributed by atoms with E-state index in [1.54, 1.807) is 25.3 Å². The predicted octanol–water partition coefficient (Wildman–Crippen LogP) is 1.95. The monoisotopic (exact) mass is 387 g/mol. The van der Waals surface area contributed by atoms with Crippen molar-refractivity contribution in [2.24, 2.45) is 0 Å². The van der Waals surface area contributed by atoms with Gasteiger partial charge in [-0.2, -0.15) is 0 Å². The van der Waals surface area contributed by atoms with Gasteiger partial charge in [0.05, 0.1) is 12.1 Å². The molecule has 8 heteroatoms. The number of aryl methyl sites for hydroxylation is 1. The molecule has 0 aliphatic carbocycles. The minimum Gasteiger partial charge on any atom is -0.452 e. The maximum atomic E-state index is 12.3. The molecule has 0 saturated heterocycles. The van der Waals surface area contributed by atoms with Crippen LogP contribution in [0, 0.1) is 6.92 Å². The maximum absolute atomic E-state index is 12.3. The summed E-state index contributed by atoms with van der Waals surface area (Å²) >= 11 is 1.34. The zero-order valence-corrected chi connectivity index (χ0v) is 16.0. The van der Waals surface area contributed by atoms with Gasteiger partial charge in [0.25, 0.3) is 5.91 Å². The van der Waals surface area contributed by atoms with E-state index in [4.69, 9.17) is 4.74 Å². The molecule has 0 unspecified atom stereocenters. The fourth-order valence-electron chi connectivity index (χ4n) is 2.04. The quantitative estimate of drug-likeness (QED) is 0.672. The van der Waals surface area contributed by atoms with Crippen molar-refractivity contribution >= 4 is 29.5 Å². The molecule has 0 fully saturated rings. The Kier molecular flexibility index (Phi) is 7.81. The molecule has 0 atom stereocenters. The van der Waals surface area contributed by atoms with Gasteiger partial charge in [-0.05, 0) is 38.1 Å². The summed E-state index contributed by atoms with van der Waals surface area (Å²) in [5.74, 6) is -1.50. The van der Waals surface area contributed by atoms with E-state index in [1.165, 1.54) is 11.8 Å². The van der Waals surface area contributed by atoms with Gasteiger partial charge in [0.1, 0.15) is 5.03 Å². The largest absolute Gasteiger partial charge is 0.452 e. The fraction of sp³-hybridized carbons (Fsp3) is 0.263. The summed E-state index contributed by atoms with van der Waals surface area (Å²) in [4.78, 5) is 40.5. The number of nitrogens with one attached hydrogen (secondary N) is 2. The standard InChI is InChI=1S/C19H21N3O4S/c1-3-20-16(23)11-22-17(24)12-26-19(25)15-5-4-10-21-18(15)27-14-8-6-13(2)7-9-14/h4-10H,3,11-12H2,1-2H3,(H,20,23)(H,22,24). The number of likely N-dealkylation sites (N-methyl/N-ethyl adjacent to an activating group) is 1. The van der Waals surface area contributed by atoms with E-state index in [2.05, 4.69) is 15.6 Å². The van der Waals surface area contributed by atoms with Crippen molar-refractivity contribution in [2.45, 2.75) is 23.8 Å². The third-order valence-corrected chi connectivity index (χ3v) is 4.41. The number of esters is 1. The number of benzene rings is 1. The van der Waals surface area contributed by atoms with Crippen molar-refractivity contribution < 1.29 is 19.1 Å². The first-order valence-corrected chi connectivity index (χ1v) is 9.21. The summed E-state index contributed by atoms with van der Waals surface area (Å²) in [5.41, 5.74) is 1.42. The molecule has 1 aromatic carbocycles. The lowest BCUT2D eigenvalue weighted by Gasteiger charge is -2.09. The molecule has 0 saturated carbocycles. The smallest absolute Gasteiger partial charge is 0.341 e. The Balaban J connectivity index is 1.93. The van der Waals surface area contributed by atoms with Crippen molar-refractivity contribution in [3.05, 3.63) is 53.7 Å². The van der Waals surface area contributed by atoms with Crippen LogP contribution in [0.15, 0.2) is 52.5 Å². The van der Waals surface area contributed by atoms with Crippen LogP contribution in [0.4, 0.5) is 0 Å². The Labute approximate surface area is 161 Å². The summed E-state index contributed by atoms with van der Waals surface area (Å²) in [6, 6.07) is 11.1. The van der Waals surface area contributed by atoms with Gasteiger partial charge in [-0.3, -0.25) is 9.59 Å². The van der Waals surface area contributed by atoms with Gasteiger partial charge in [-0.1, -0.05) is 29.5 Å². The lowest BCUT2D eigenvalue weighted by molar-refractivity contribution is -0.127. The van der Waals surface area contributed by atoms with E-state index >= 15 is 0 Å². The molecule has 2 N–H and O–H groups in total. The molecular weight excluding hydrogens is 366 g/mol. The van der Waals surface area contributed by atoms with Gasteiger partial charge >= 0.3 is 5.97 Å². The van der Waals surface area contributed by atoms with Gasteiger partial charge in [0.15, 0.2) is 6.61 Å². The zero-order chi connectivity index (χ0) is 19.6. The number of nitrogens with zero attached hydrogens (tertiary/aromatic N) is 1. The van der Waals surface area contributed by atoms with Crippen LogP contribution in [0.1, 0.15) is 22.8 Å². The second-order valence-corrected chi connectivity index (χ2v) is 6.64. The Morgan fingerprint density at radius 1 is 1.07 bits per heavy atom. The molecule has 1 heterocycles. The number of aromatic nitrogens is 1. The van der Waals surface area contributed by atoms with Gasteiger partial charge in [-0.25, -0.2) is 9.78 Å². The van der Waals surface area contributed by atoms with Gasteiger partial charge in [0, 0.05) is 17.6 Å². The minimum atomic E-state index is -0.647. The third kappa shape index (κ3) is 6.74. The van der Waals surface area contributed by atoms with Crippen molar-refractivity contribution in [1.29, 1.82) is 0 Å². The maximum Gasteiger partial charge on any atom is 0.341 e. The van der Waals surface area contributed by atoms with E-state index < -0.39 is 18.5 Å². The van der Waals surface area contributed by atoms with Gasteiger partial charge in [-0.15, -0.1) is 0 Å². The van der Waals surface area contributed by atoms with Crippen LogP contribution in [0.3, 0.4) is 0 Å². The number of pyridine rings is 1. The third-order valence-electron chi connectivity index (χ3n) is 3.38. The van der Waals surface area contributed by atoms with Crippen LogP contribution < -0.4 is 10.6 Å². The molecular formula is C19H21N3O4S. The van der Waals surface area contributed by atoms with E-state index in [0.29, 0.717) is 11.6 Å². The Morgan fingerprint density at radius 2 is 1.81 bits per heavy atom. The minimum absolute atomic E-state index is 0.161. The van der Waals surface area contributed by atoms with E-state index in [9.17, 15) is 14.4 Å². The highest BCUT2D eigenvalue weighted by atomic mass is 32.2. The van der Waals surface area contributed by atoms with Gasteiger partial charge in [0.2, 0.25) is 5.91 Å². The van der Waals surface area contributed by atoms with E-state index in [-0.39, 0.29) is 18.0 Å². The molecule has 0 aliphatic heterocycles. The molecule has 27 heavy (non-hydrogen) atoms. The fourth-order valence-corrected chi connectivity index (χ4v) is 2.91. The Hall–Kier alpha value is -2.87. The highest BCUT2D eigenvalue weighted by Crippen LogP contribution is 2.29. The molecule has 2 rings (SSSR count). The molecule has 0 radical (unpaired) electrons. The summed E-state index contributed by atoms with van der Waals surface area (Å²) in [7, 11) is 0. The van der Waals surface area contributed by atoms with Crippen LogP contribution in [0.25, 0.3) is 0 Å². The lowest BCUT2D eigenvalue weighted by atomic mass is 10.2. The molecule has 0 spiro atoms. The van der Waals surface area contributed by atoms with Gasteiger partial charge < -0.3 is 15.4 Å². The molecule has 142 valence electrons. The van der Waals surface area contributed by atoms with Crippen LogP contribution in [-0.2, 0) is 14.3 Å². The van der Waals surface area contributed by atoms with Crippen molar-refractivity contribution in [3.8, 4) is 0 Å². The molecule has 7 nitrogen and oxygen atoms in total. The van der Waals surface area contributed by atoms with Crippen molar-refractivity contribution in [1.82, 2.24) is 15.6 Å². The summed E-state index contributed by atoms with van der Waals surface area (Å²) in [5, 5.41) is 5.43. The summed E-state index contributed by atoms with van der Waals surface area (Å²) in [6.45, 7) is 3.62. The first-order chi connectivity index (χ1) is 13.0. The number of rotatable bonds is 8. The highest BCUT2D eigenvalue weighted by molar-refractivity contribution is 7.99. The van der Waals surface area contributed by atoms with Crippen molar-refractivity contribution in [2.75, 3.05) is 19.7 Å². The number of hydrogen-bond donors (Lipinski definition) is 2. The number of ether oxygens (including phenoxy) is 1. The SMILES string of the molecule is CCNC(=O)CNC(=O)COC(=O)c1cccnc1Sc1ccc(C)cc1. The number of carbonyl (C=O) groups is 3. The van der Waals surface area contributed by atoms with E-state index in [1.807, 2.05) is 31.2 Å². The molecule has 1 aromatic heterocycles. The normalized spacial score (nSPS) is 10.1. The predicted molar refractivity (Wildman–Crippen MR) is 102 cm³/mol. The second-order valence-electron chi connectivity index (χ2n) is 5.58. The number of hydrogen-bond acceptors (Lipinski definition) is 6. The molecule has 0 bridgehead atoms. The zero-order valence-electron chi connectivity index (χ0n) is 15.2. The Morgan fingerprint density at radius 3 is 2.52 bits per heavy atom. The van der Waals surface area contributed by atoms with Crippen molar-refractivity contribution in [3.63, 3.8) is 0 Å². The topological polar surface area (TPSA) is 97.4 Å². The van der Waals surface area contributed by atoms with Crippen LogP contribution in [-0.4, -0.2) is 42.5 Å². The lowest BCUT2D eigenvalue weighted by Crippen LogP contribution is -2.38. The van der Waals surface area contributed by atoms with Crippen LogP contribution in [0.2, 0.25) is 0 Å². The highest BCUT2D eigenvalue weighted by Gasteiger charge is 2.16. The number of carbonyl (C=O) groups excluding carboxylic acids is 3. The van der Waals surface area contributed by atoms with Crippen LogP contribution >= 0.6 is 11.8 Å². The van der Waals surface area contributed by atoms with Crippen LogP contribution in [0.5, 0.6) is 0 Å². The average Bonchev–Trinajstić information content (AvgIpc) is 2.67. The molecule has 0 aliphatic rings. The first-order valence-electron chi connectivity index (χ1n) is 8.39. The Bertz CT molecular complexity index is 809. The average molecular weight is 387 g/mol. The molecule has 2 amide bonds.